The number of nitrogens with one attached hydrogen (secondary N) is 1. The fourth-order valence-corrected chi connectivity index (χ4v) is 5.96. The topological polar surface area (TPSA) is 199 Å². The smallest absolute Gasteiger partial charge is 0.287 e. The summed E-state index contributed by atoms with van der Waals surface area (Å²) in [4.78, 5) is 70.6. The van der Waals surface area contributed by atoms with Gasteiger partial charge >= 0.3 is 0 Å². The number of ether oxygens (including phenoxy) is 1. The predicted octanol–water partition coefficient (Wildman–Crippen LogP) is 1.47. The Morgan fingerprint density at radius 3 is 2.53 bits per heavy atom. The number of carbonyl (C=O) groups is 5. The molecule has 242 valence electrons. The van der Waals surface area contributed by atoms with E-state index in [9.17, 15) is 29.1 Å². The van der Waals surface area contributed by atoms with Gasteiger partial charge in [-0.1, -0.05) is 43.4 Å². The number of rotatable bonds is 11. The van der Waals surface area contributed by atoms with Crippen LogP contribution in [0.3, 0.4) is 0 Å². The molecule has 1 aliphatic carbocycles. The number of ketones is 1. The third-order valence-corrected chi connectivity index (χ3v) is 8.39. The Balaban J connectivity index is 1.71. The molecule has 45 heavy (non-hydrogen) atoms. The lowest BCUT2D eigenvalue weighted by Gasteiger charge is -2.27. The van der Waals surface area contributed by atoms with Gasteiger partial charge in [-0.2, -0.15) is 0 Å². The number of hydrogen-bond donors (Lipinski definition) is 3. The quantitative estimate of drug-likeness (QED) is 0.245. The summed E-state index contributed by atoms with van der Waals surface area (Å²) >= 11 is 0. The van der Waals surface area contributed by atoms with Crippen LogP contribution in [0.25, 0.3) is 0 Å². The highest BCUT2D eigenvalue weighted by Gasteiger charge is 2.44. The van der Waals surface area contributed by atoms with E-state index in [0.29, 0.717) is 11.4 Å². The van der Waals surface area contributed by atoms with Gasteiger partial charge in [0.1, 0.15) is 23.1 Å². The Morgan fingerprint density at radius 2 is 1.89 bits per heavy atom. The largest absolute Gasteiger partial charge is 0.497 e. The molecule has 1 aromatic heterocycles. The van der Waals surface area contributed by atoms with Crippen LogP contribution < -0.4 is 15.8 Å². The Hall–Kier alpha value is -4.46. The zero-order valence-corrected chi connectivity index (χ0v) is 26.1. The molecular weight excluding hydrogens is 582 g/mol. The van der Waals surface area contributed by atoms with Gasteiger partial charge in [0.2, 0.25) is 11.7 Å². The molecule has 0 spiro atoms. The minimum absolute atomic E-state index is 0.0153. The Labute approximate surface area is 261 Å². The second kappa shape index (κ2) is 14.1. The first kappa shape index (κ1) is 33.4. The summed E-state index contributed by atoms with van der Waals surface area (Å²) in [5, 5.41) is 21.3. The number of likely N-dealkylation sites (tertiary alicyclic amines) is 1. The van der Waals surface area contributed by atoms with Gasteiger partial charge in [0.05, 0.1) is 31.1 Å². The van der Waals surface area contributed by atoms with Crippen molar-refractivity contribution in [1.29, 1.82) is 0 Å². The highest BCUT2D eigenvalue weighted by Crippen LogP contribution is 2.33. The third kappa shape index (κ3) is 7.98. The van der Waals surface area contributed by atoms with Crippen molar-refractivity contribution in [2.24, 2.45) is 16.6 Å². The van der Waals surface area contributed by atoms with Gasteiger partial charge in [0, 0.05) is 18.5 Å². The van der Waals surface area contributed by atoms with E-state index < -0.39 is 53.1 Å². The normalized spacial score (nSPS) is 20.0. The monoisotopic (exact) mass is 623 g/mol. The number of aliphatic hydroxyl groups is 1. The standard InChI is InChI=1S/C31H41N7O7/c1-18(26(39)27(32)40)34-29(42)24-15-21(38-25(16-33-36-38)31(2,3)44)17-37(24)30(43)23(13-19-9-6-5-7-10-19)35-28(41)20-11-8-12-22(14-20)45-4/h8,11-12,14,16,18-19,21,24,44H,5-7,9-10,13,15,17H2,1-4H3,(H2,32,40)(H,34,42)/t18?,21-,24-/m0/s1. The fraction of sp³-hybridized carbons (Fsp3) is 0.548. The molecule has 1 aromatic carbocycles. The van der Waals surface area contributed by atoms with Crippen molar-refractivity contribution in [2.75, 3.05) is 13.7 Å². The van der Waals surface area contributed by atoms with Crippen LogP contribution in [-0.2, 0) is 24.8 Å². The van der Waals surface area contributed by atoms with E-state index in [1.807, 2.05) is 0 Å². The summed E-state index contributed by atoms with van der Waals surface area (Å²) in [6.07, 6.45) is 6.59. The average Bonchev–Trinajstić information content (AvgIpc) is 3.68. The third-order valence-electron chi connectivity index (χ3n) is 8.39. The Morgan fingerprint density at radius 1 is 1.18 bits per heavy atom. The van der Waals surface area contributed by atoms with Crippen LogP contribution in [0, 0.1) is 5.92 Å². The summed E-state index contributed by atoms with van der Waals surface area (Å²) in [5.41, 5.74) is 4.45. The highest BCUT2D eigenvalue weighted by atomic mass is 16.5. The number of hydrogen-bond acceptors (Lipinski definition) is 9. The number of nitrogens with two attached hydrogens (primary N) is 1. The summed E-state index contributed by atoms with van der Waals surface area (Å²) in [7, 11) is 1.48. The minimum Gasteiger partial charge on any atom is -0.497 e. The van der Waals surface area contributed by atoms with E-state index in [1.165, 1.54) is 35.9 Å². The summed E-state index contributed by atoms with van der Waals surface area (Å²) in [6.45, 7) is 4.45. The summed E-state index contributed by atoms with van der Waals surface area (Å²) in [6, 6.07) is 3.54. The predicted molar refractivity (Wildman–Crippen MR) is 162 cm³/mol. The number of carbonyl (C=O) groups excluding carboxylic acids is 5. The second-order valence-electron chi connectivity index (χ2n) is 12.2. The second-order valence-corrected chi connectivity index (χ2v) is 12.2. The van der Waals surface area contributed by atoms with Gasteiger partial charge in [0.15, 0.2) is 0 Å². The van der Waals surface area contributed by atoms with Crippen molar-refractivity contribution in [2.45, 2.75) is 89.4 Å². The summed E-state index contributed by atoms with van der Waals surface area (Å²) in [5.74, 6) is -3.49. The van der Waals surface area contributed by atoms with E-state index in [1.54, 1.807) is 32.0 Å². The number of aliphatic imine (C=N–C) groups is 1. The van der Waals surface area contributed by atoms with E-state index >= 15 is 0 Å². The number of Topliss-reactive ketones (excluding diaryl/α,β-unsaturated/α-hetero) is 1. The number of aromatic nitrogens is 3. The van der Waals surface area contributed by atoms with Gasteiger partial charge < -0.3 is 25.8 Å². The van der Waals surface area contributed by atoms with Gasteiger partial charge in [-0.25, -0.2) is 9.67 Å². The molecule has 14 heteroatoms. The molecule has 14 nitrogen and oxygen atoms in total. The average molecular weight is 624 g/mol. The lowest BCUT2D eigenvalue weighted by molar-refractivity contribution is -0.139. The van der Waals surface area contributed by atoms with Crippen LogP contribution in [0.15, 0.2) is 35.5 Å². The molecule has 4 rings (SSSR count). The van der Waals surface area contributed by atoms with Gasteiger partial charge in [-0.15, -0.1) is 5.10 Å². The summed E-state index contributed by atoms with van der Waals surface area (Å²) < 4.78 is 6.72. The number of methoxy groups -OCH3 is 1. The minimum atomic E-state index is -1.32. The zero-order valence-electron chi connectivity index (χ0n) is 26.1. The van der Waals surface area contributed by atoms with Crippen molar-refractivity contribution < 1.29 is 33.8 Å². The molecule has 2 fully saturated rings. The fourth-order valence-electron chi connectivity index (χ4n) is 5.96. The molecule has 4 amide bonds. The lowest BCUT2D eigenvalue weighted by atomic mass is 9.85. The first-order valence-corrected chi connectivity index (χ1v) is 15.1. The van der Waals surface area contributed by atoms with Gasteiger partial charge in [-0.05, 0) is 51.3 Å². The molecule has 1 aliphatic heterocycles. The molecular formula is C31H41N7O7. The number of nitrogens with zero attached hydrogens (tertiary/aromatic N) is 5. The van der Waals surface area contributed by atoms with Crippen LogP contribution in [0.2, 0.25) is 0 Å². The van der Waals surface area contributed by atoms with E-state index in [0.717, 1.165) is 32.1 Å². The Kier molecular flexibility index (Phi) is 10.5. The molecule has 1 saturated carbocycles. The van der Waals surface area contributed by atoms with Crippen molar-refractivity contribution in [3.05, 3.63) is 41.7 Å². The molecule has 0 bridgehead atoms. The van der Waals surface area contributed by atoms with Crippen molar-refractivity contribution in [3.63, 3.8) is 0 Å². The molecule has 1 unspecified atom stereocenters. The number of primary amides is 1. The molecule has 4 N–H and O–H groups in total. The number of amides is 4. The zero-order chi connectivity index (χ0) is 32.9. The molecule has 2 aliphatic rings. The van der Waals surface area contributed by atoms with Crippen LogP contribution >= 0.6 is 0 Å². The van der Waals surface area contributed by atoms with E-state index in [4.69, 9.17) is 10.5 Å². The van der Waals surface area contributed by atoms with Gasteiger partial charge in [0.25, 0.3) is 17.7 Å². The SMILES string of the molecule is COc1cccc(C(=O)N=C(CC2CCCCC2)C(=O)N2C[C@@H](n3nncc3C(C)(C)O)C[C@H]2C(=O)NC(C)C(=O)C(N)=O)c1. The maximum atomic E-state index is 14.4. The van der Waals surface area contributed by atoms with Gasteiger partial charge in [-0.3, -0.25) is 24.0 Å². The Bertz CT molecular complexity index is 1470. The van der Waals surface area contributed by atoms with Crippen molar-refractivity contribution >= 4 is 35.1 Å². The first-order valence-electron chi connectivity index (χ1n) is 15.1. The van der Waals surface area contributed by atoms with Crippen LogP contribution in [0.4, 0.5) is 0 Å². The maximum absolute atomic E-state index is 14.4. The molecule has 2 heterocycles. The highest BCUT2D eigenvalue weighted by molar-refractivity contribution is 6.41. The number of benzene rings is 1. The van der Waals surface area contributed by atoms with E-state index in [-0.39, 0.29) is 36.6 Å². The van der Waals surface area contributed by atoms with Crippen molar-refractivity contribution in [3.8, 4) is 5.75 Å². The van der Waals surface area contributed by atoms with Crippen molar-refractivity contribution in [1.82, 2.24) is 25.2 Å². The molecule has 3 atom stereocenters. The first-order chi connectivity index (χ1) is 21.3. The van der Waals surface area contributed by atoms with Crippen LogP contribution in [-0.4, -0.2) is 85.9 Å². The molecule has 2 aromatic rings. The van der Waals surface area contributed by atoms with Crippen LogP contribution in [0.5, 0.6) is 5.75 Å². The van der Waals surface area contributed by atoms with Crippen LogP contribution in [0.1, 0.15) is 87.8 Å². The lowest BCUT2D eigenvalue weighted by Crippen LogP contribution is -2.52. The van der Waals surface area contributed by atoms with E-state index in [2.05, 4.69) is 20.6 Å². The molecule has 0 radical (unpaired) electrons. The maximum Gasteiger partial charge on any atom is 0.287 e. The molecule has 1 saturated heterocycles.